The molecule has 6 heteroatoms. The molecule has 0 bridgehead atoms. The number of carbonyl (C=O) groups excluding carboxylic acids is 1. The normalized spacial score (nSPS) is 16.1. The van der Waals surface area contributed by atoms with Crippen molar-refractivity contribution in [2.75, 3.05) is 20.2 Å². The van der Waals surface area contributed by atoms with Crippen molar-refractivity contribution < 1.29 is 9.53 Å². The summed E-state index contributed by atoms with van der Waals surface area (Å²) in [7, 11) is 1.79. The average Bonchev–Trinajstić information content (AvgIpc) is 2.88. The summed E-state index contributed by atoms with van der Waals surface area (Å²) in [5, 5.41) is 0. The second kappa shape index (κ2) is 8.01. The van der Waals surface area contributed by atoms with Gasteiger partial charge in [0.25, 0.3) is 0 Å². The number of halogens is 2. The first-order chi connectivity index (χ1) is 9.51. The topological polar surface area (TPSA) is 55.6 Å². The van der Waals surface area contributed by atoms with Crippen molar-refractivity contribution in [1.82, 2.24) is 4.90 Å². The van der Waals surface area contributed by atoms with Gasteiger partial charge in [0, 0.05) is 11.5 Å². The van der Waals surface area contributed by atoms with Crippen LogP contribution in [0.15, 0.2) is 28.7 Å². The summed E-state index contributed by atoms with van der Waals surface area (Å²) in [6.45, 7) is 1.02. The average molecular weight is 378 g/mol. The van der Waals surface area contributed by atoms with Crippen molar-refractivity contribution in [3.8, 4) is 5.75 Å². The summed E-state index contributed by atoms with van der Waals surface area (Å²) < 4.78 is 6.64. The van der Waals surface area contributed by atoms with Crippen LogP contribution in [0.2, 0.25) is 0 Å². The second-order valence-corrected chi connectivity index (χ2v) is 6.31. The predicted molar refractivity (Wildman–Crippen MR) is 89.9 cm³/mol. The van der Waals surface area contributed by atoms with Crippen LogP contribution in [-0.4, -0.2) is 36.5 Å². The van der Waals surface area contributed by atoms with Crippen LogP contribution in [0.1, 0.15) is 25.7 Å². The number of nitrogens with two attached hydrogens (primary N) is 1. The molecule has 2 N–H and O–H groups in total. The van der Waals surface area contributed by atoms with Crippen LogP contribution < -0.4 is 10.5 Å². The highest BCUT2D eigenvalue weighted by molar-refractivity contribution is 9.10. The van der Waals surface area contributed by atoms with Crippen LogP contribution in [0.4, 0.5) is 0 Å². The summed E-state index contributed by atoms with van der Waals surface area (Å²) in [6, 6.07) is 7.65. The fourth-order valence-electron chi connectivity index (χ4n) is 2.53. The first-order valence-electron chi connectivity index (χ1n) is 6.94. The van der Waals surface area contributed by atoms with Gasteiger partial charge in [0.1, 0.15) is 12.4 Å². The molecule has 1 aliphatic carbocycles. The lowest BCUT2D eigenvalue weighted by Gasteiger charge is -2.28. The Hall–Kier alpha value is -0.780. The van der Waals surface area contributed by atoms with Crippen LogP contribution in [0.5, 0.6) is 5.75 Å². The number of hydrogen-bond donors (Lipinski definition) is 1. The van der Waals surface area contributed by atoms with Gasteiger partial charge < -0.3 is 15.4 Å². The number of likely N-dealkylation sites (N-methyl/N-ethyl adjacent to an activating group) is 1. The molecule has 0 atom stereocenters. The minimum Gasteiger partial charge on any atom is -0.492 e. The van der Waals surface area contributed by atoms with E-state index >= 15 is 0 Å². The molecule has 0 radical (unpaired) electrons. The molecule has 0 aromatic heterocycles. The molecule has 1 fully saturated rings. The highest BCUT2D eigenvalue weighted by Crippen LogP contribution is 2.28. The molecule has 0 saturated heterocycles. The van der Waals surface area contributed by atoms with Gasteiger partial charge in [0.05, 0.1) is 12.1 Å². The third-order valence-corrected chi connectivity index (χ3v) is 4.31. The van der Waals surface area contributed by atoms with Gasteiger partial charge >= 0.3 is 0 Å². The van der Waals surface area contributed by atoms with E-state index in [4.69, 9.17) is 10.5 Å². The molecule has 1 aromatic carbocycles. The van der Waals surface area contributed by atoms with E-state index in [0.717, 1.165) is 35.9 Å². The highest BCUT2D eigenvalue weighted by atomic mass is 79.9. The largest absolute Gasteiger partial charge is 0.492 e. The molecule has 0 unspecified atom stereocenters. The monoisotopic (exact) mass is 376 g/mol. The molecule has 118 valence electrons. The number of carbonyl (C=O) groups is 1. The second-order valence-electron chi connectivity index (χ2n) is 5.39. The van der Waals surface area contributed by atoms with Gasteiger partial charge in [-0.3, -0.25) is 4.79 Å². The number of amides is 1. The Labute approximate surface area is 140 Å². The van der Waals surface area contributed by atoms with E-state index in [9.17, 15) is 4.79 Å². The summed E-state index contributed by atoms with van der Waals surface area (Å²) in [5.41, 5.74) is 5.52. The zero-order chi connectivity index (χ0) is 14.6. The third-order valence-electron chi connectivity index (χ3n) is 3.78. The van der Waals surface area contributed by atoms with E-state index < -0.39 is 5.54 Å². The van der Waals surface area contributed by atoms with E-state index in [-0.39, 0.29) is 18.3 Å². The molecular weight excluding hydrogens is 356 g/mol. The van der Waals surface area contributed by atoms with Crippen molar-refractivity contribution in [2.45, 2.75) is 31.2 Å². The number of rotatable bonds is 5. The lowest BCUT2D eigenvalue weighted by atomic mass is 9.97. The molecule has 21 heavy (non-hydrogen) atoms. The summed E-state index contributed by atoms with van der Waals surface area (Å²) in [4.78, 5) is 14.0. The fraction of sp³-hybridized carbons (Fsp3) is 0.533. The molecule has 2 rings (SSSR count). The van der Waals surface area contributed by atoms with E-state index in [1.807, 2.05) is 24.3 Å². The molecule has 1 aliphatic rings. The number of ether oxygens (including phenoxy) is 1. The zero-order valence-electron chi connectivity index (χ0n) is 12.2. The summed E-state index contributed by atoms with van der Waals surface area (Å²) in [5.74, 6) is 0.840. The number of nitrogens with zero attached hydrogens (tertiary/aromatic N) is 1. The third kappa shape index (κ3) is 4.87. The van der Waals surface area contributed by atoms with Crippen molar-refractivity contribution in [2.24, 2.45) is 5.73 Å². The van der Waals surface area contributed by atoms with E-state index in [0.29, 0.717) is 13.2 Å². The van der Waals surface area contributed by atoms with Gasteiger partial charge in [0.2, 0.25) is 5.91 Å². The smallest absolute Gasteiger partial charge is 0.242 e. The molecule has 0 heterocycles. The minimum absolute atomic E-state index is 0. The summed E-state index contributed by atoms with van der Waals surface area (Å²) >= 11 is 3.38. The van der Waals surface area contributed by atoms with Crippen LogP contribution in [-0.2, 0) is 4.79 Å². The van der Waals surface area contributed by atoms with Gasteiger partial charge in [-0.1, -0.05) is 28.8 Å². The van der Waals surface area contributed by atoms with Gasteiger partial charge in [-0.25, -0.2) is 0 Å². The summed E-state index contributed by atoms with van der Waals surface area (Å²) in [6.07, 6.45) is 3.68. The predicted octanol–water partition coefficient (Wildman–Crippen LogP) is 2.98. The molecule has 1 saturated carbocycles. The van der Waals surface area contributed by atoms with Crippen molar-refractivity contribution in [3.05, 3.63) is 28.7 Å². The number of benzene rings is 1. The maximum Gasteiger partial charge on any atom is 0.242 e. The van der Waals surface area contributed by atoms with E-state index in [1.165, 1.54) is 0 Å². The first kappa shape index (κ1) is 18.3. The maximum absolute atomic E-state index is 12.3. The Morgan fingerprint density at radius 2 is 1.90 bits per heavy atom. The van der Waals surface area contributed by atoms with Crippen LogP contribution in [0, 0.1) is 0 Å². The van der Waals surface area contributed by atoms with Crippen molar-refractivity contribution >= 4 is 34.2 Å². The number of hydrogen-bond acceptors (Lipinski definition) is 3. The van der Waals surface area contributed by atoms with Crippen molar-refractivity contribution in [3.63, 3.8) is 0 Å². The van der Waals surface area contributed by atoms with E-state index in [2.05, 4.69) is 15.9 Å². The van der Waals surface area contributed by atoms with Gasteiger partial charge in [-0.2, -0.15) is 0 Å². The lowest BCUT2D eigenvalue weighted by Crippen LogP contribution is -2.53. The standard InChI is InChI=1S/C15H21BrN2O2.ClH/c1-18(14(19)15(17)8-2-3-9-15)10-11-20-13-6-4-12(16)5-7-13;/h4-7H,2-3,8-11,17H2,1H3;1H. The molecule has 4 nitrogen and oxygen atoms in total. The van der Waals surface area contributed by atoms with Gasteiger partial charge in [-0.15, -0.1) is 12.4 Å². The fourth-order valence-corrected chi connectivity index (χ4v) is 2.80. The Bertz CT molecular complexity index is 461. The van der Waals surface area contributed by atoms with E-state index in [1.54, 1.807) is 11.9 Å². The van der Waals surface area contributed by atoms with Crippen LogP contribution >= 0.6 is 28.3 Å². The quantitative estimate of drug-likeness (QED) is 0.858. The van der Waals surface area contributed by atoms with Crippen LogP contribution in [0.25, 0.3) is 0 Å². The Kier molecular flexibility index (Phi) is 6.97. The molecule has 1 aromatic rings. The Morgan fingerprint density at radius 3 is 2.48 bits per heavy atom. The molecule has 0 aliphatic heterocycles. The molecular formula is C15H22BrClN2O2. The Balaban J connectivity index is 0.00000220. The molecule has 1 amide bonds. The maximum atomic E-state index is 12.3. The van der Waals surface area contributed by atoms with Gasteiger partial charge in [0.15, 0.2) is 0 Å². The van der Waals surface area contributed by atoms with Crippen molar-refractivity contribution in [1.29, 1.82) is 0 Å². The molecule has 0 spiro atoms. The zero-order valence-corrected chi connectivity index (χ0v) is 14.6. The highest BCUT2D eigenvalue weighted by Gasteiger charge is 2.38. The first-order valence-corrected chi connectivity index (χ1v) is 7.73. The van der Waals surface area contributed by atoms with Crippen LogP contribution in [0.3, 0.4) is 0 Å². The minimum atomic E-state index is -0.646. The lowest BCUT2D eigenvalue weighted by molar-refractivity contribution is -0.135. The SMILES string of the molecule is CN(CCOc1ccc(Br)cc1)C(=O)C1(N)CCCC1.Cl. The Morgan fingerprint density at radius 1 is 1.33 bits per heavy atom. The van der Waals surface area contributed by atoms with Gasteiger partial charge in [-0.05, 0) is 37.1 Å².